The number of hydrogen-bond donors (Lipinski definition) is 4. The minimum atomic E-state index is -0.508. The first-order chi connectivity index (χ1) is 9.83. The molecule has 0 amide bonds. The summed E-state index contributed by atoms with van der Waals surface area (Å²) in [6, 6.07) is 0. The predicted octanol–water partition coefficient (Wildman–Crippen LogP) is 5.72. The molecular formula is C14H26N2S5. The van der Waals surface area contributed by atoms with Crippen LogP contribution in [0.1, 0.15) is 75.2 Å². The van der Waals surface area contributed by atoms with Crippen LogP contribution in [0.2, 0.25) is 0 Å². The van der Waals surface area contributed by atoms with E-state index in [9.17, 15) is 0 Å². The Kier molecular flexibility index (Phi) is 8.86. The van der Waals surface area contributed by atoms with Gasteiger partial charge >= 0.3 is 0 Å². The molecule has 0 aromatic carbocycles. The van der Waals surface area contributed by atoms with Crippen molar-refractivity contribution < 1.29 is 0 Å². The molecule has 0 aliphatic heterocycles. The van der Waals surface area contributed by atoms with Crippen molar-refractivity contribution >= 4 is 61.9 Å². The molecule has 2 nitrogen and oxygen atoms in total. The topological polar surface area (TPSA) is 25.8 Å². The minimum absolute atomic E-state index is 0.508. The third-order valence-corrected chi connectivity index (χ3v) is 6.96. The van der Waals surface area contributed by atoms with Crippen LogP contribution in [-0.2, 0) is 8.16 Å². The zero-order valence-corrected chi connectivity index (χ0v) is 17.1. The summed E-state index contributed by atoms with van der Waals surface area (Å²) in [4.78, 5) is 0. The van der Waals surface area contributed by atoms with Gasteiger partial charge in [-0.3, -0.25) is 0 Å². The highest BCUT2D eigenvalue weighted by Crippen LogP contribution is 2.44. The quantitative estimate of drug-likeness (QED) is 0.236. The summed E-state index contributed by atoms with van der Waals surface area (Å²) in [6.07, 6.45) is 8.74. The molecule has 0 spiro atoms. The van der Waals surface area contributed by atoms with E-state index in [0.717, 1.165) is 35.7 Å². The van der Waals surface area contributed by atoms with Crippen LogP contribution >= 0.6 is 61.9 Å². The van der Waals surface area contributed by atoms with Crippen molar-refractivity contribution in [2.24, 2.45) is 0 Å². The summed E-state index contributed by atoms with van der Waals surface area (Å²) >= 11 is 20.2. The van der Waals surface area contributed by atoms with Crippen molar-refractivity contribution in [3.8, 4) is 0 Å². The summed E-state index contributed by atoms with van der Waals surface area (Å²) in [5.74, 6) is 0. The van der Waals surface area contributed by atoms with E-state index >= 15 is 0 Å². The maximum Gasteiger partial charge on any atom is 0.143 e. The molecule has 0 aliphatic rings. The van der Waals surface area contributed by atoms with Crippen molar-refractivity contribution in [1.82, 2.24) is 10.2 Å². The van der Waals surface area contributed by atoms with Crippen molar-refractivity contribution in [2.75, 3.05) is 0 Å². The maximum atomic E-state index is 4.67. The molecule has 0 radical (unpaired) electrons. The molecule has 7 heteroatoms. The van der Waals surface area contributed by atoms with Crippen molar-refractivity contribution in [1.29, 1.82) is 0 Å². The van der Waals surface area contributed by atoms with Gasteiger partial charge in [-0.1, -0.05) is 63.7 Å². The van der Waals surface area contributed by atoms with E-state index in [1.165, 1.54) is 37.0 Å². The van der Waals surface area contributed by atoms with E-state index in [2.05, 4.69) is 74.6 Å². The Labute approximate surface area is 154 Å². The maximum absolute atomic E-state index is 4.67. The molecule has 1 aromatic heterocycles. The molecule has 0 unspecified atom stereocenters. The van der Waals surface area contributed by atoms with Gasteiger partial charge in [-0.05, 0) is 12.8 Å². The second kappa shape index (κ2) is 9.30. The smallest absolute Gasteiger partial charge is 0.143 e. The molecule has 1 aromatic rings. The Hall–Kier alpha value is 0.960. The van der Waals surface area contributed by atoms with Crippen LogP contribution in [0, 0.1) is 0 Å². The lowest BCUT2D eigenvalue weighted by molar-refractivity contribution is 0.630. The number of unbranched alkanes of at least 4 members (excludes halogenated alkanes) is 4. The molecule has 0 fully saturated rings. The first kappa shape index (κ1) is 20.0. The highest BCUT2D eigenvalue weighted by atomic mass is 32.2. The summed E-state index contributed by atoms with van der Waals surface area (Å²) < 4.78 is -1.02. The Morgan fingerprint density at radius 3 is 1.48 bits per heavy atom. The van der Waals surface area contributed by atoms with Gasteiger partial charge in [-0.2, -0.15) is 50.5 Å². The molecule has 0 saturated carbocycles. The van der Waals surface area contributed by atoms with Gasteiger partial charge in [0.25, 0.3) is 0 Å². The van der Waals surface area contributed by atoms with E-state index in [0.29, 0.717) is 0 Å². The average molecular weight is 383 g/mol. The molecular weight excluding hydrogens is 357 g/mol. The third kappa shape index (κ3) is 6.53. The van der Waals surface area contributed by atoms with E-state index in [1.807, 2.05) is 0 Å². The number of hydrogen-bond acceptors (Lipinski definition) is 7. The molecule has 0 bridgehead atoms. The Balaban J connectivity index is 2.70. The number of nitrogens with zero attached hydrogens (tertiary/aromatic N) is 2. The second-order valence-corrected chi connectivity index (χ2v) is 10.2. The lowest BCUT2D eigenvalue weighted by Crippen LogP contribution is -2.10. The van der Waals surface area contributed by atoms with Crippen LogP contribution in [0.4, 0.5) is 0 Å². The van der Waals surface area contributed by atoms with Gasteiger partial charge in [0.1, 0.15) is 18.2 Å². The second-order valence-electron chi connectivity index (χ2n) is 5.46. The number of aromatic nitrogens is 2. The van der Waals surface area contributed by atoms with Gasteiger partial charge < -0.3 is 0 Å². The number of rotatable bonds is 10. The first-order valence-corrected chi connectivity index (χ1v) is 10.2. The zero-order chi connectivity index (χ0) is 15.9. The fourth-order valence-electron chi connectivity index (χ4n) is 2.00. The molecule has 0 saturated heterocycles. The largest absolute Gasteiger partial charge is 0.155 e. The highest BCUT2D eigenvalue weighted by Gasteiger charge is 2.32. The molecule has 0 aliphatic carbocycles. The van der Waals surface area contributed by atoms with Crippen molar-refractivity contribution in [2.45, 2.75) is 73.4 Å². The van der Waals surface area contributed by atoms with Gasteiger partial charge in [-0.25, -0.2) is 0 Å². The first-order valence-electron chi connectivity index (χ1n) is 7.57. The summed E-state index contributed by atoms with van der Waals surface area (Å²) in [5.41, 5.74) is 0. The zero-order valence-electron chi connectivity index (χ0n) is 12.7. The van der Waals surface area contributed by atoms with Gasteiger partial charge in [-0.15, -0.1) is 10.2 Å². The average Bonchev–Trinajstić information content (AvgIpc) is 2.90. The summed E-state index contributed by atoms with van der Waals surface area (Å²) in [5, 5.41) is 10.3. The van der Waals surface area contributed by atoms with E-state index in [4.69, 9.17) is 0 Å². The standard InChI is InChI=1S/C14H26N2S5/c1-3-5-7-9-13(17,18)11-15-16-12(21-11)14(19,20)10-8-6-4-2/h17-20H,3-10H2,1-2H3. The lowest BCUT2D eigenvalue weighted by atomic mass is 10.1. The molecule has 1 heterocycles. The minimum Gasteiger partial charge on any atom is -0.155 e. The fourth-order valence-corrected chi connectivity index (χ4v) is 4.24. The Bertz CT molecular complexity index is 381. The third-order valence-electron chi connectivity index (χ3n) is 3.37. The normalized spacial score (nSPS) is 12.9. The Morgan fingerprint density at radius 1 is 0.762 bits per heavy atom. The SMILES string of the molecule is CCCCCC(S)(S)c1nnc(C(S)(S)CCCCC)s1. The van der Waals surface area contributed by atoms with Gasteiger partial charge in [0.05, 0.1) is 0 Å². The molecule has 21 heavy (non-hydrogen) atoms. The van der Waals surface area contributed by atoms with Crippen LogP contribution in [-0.4, -0.2) is 10.2 Å². The van der Waals surface area contributed by atoms with Crippen LogP contribution in [0.15, 0.2) is 0 Å². The van der Waals surface area contributed by atoms with E-state index < -0.39 is 8.16 Å². The van der Waals surface area contributed by atoms with Gasteiger partial charge in [0.15, 0.2) is 0 Å². The monoisotopic (exact) mass is 382 g/mol. The number of thiol groups is 4. The van der Waals surface area contributed by atoms with Crippen LogP contribution in [0.25, 0.3) is 0 Å². The highest BCUT2D eigenvalue weighted by molar-refractivity contribution is 8.00. The lowest BCUT2D eigenvalue weighted by Gasteiger charge is -2.20. The molecule has 0 N–H and O–H groups in total. The molecule has 1 rings (SSSR count). The van der Waals surface area contributed by atoms with Crippen molar-refractivity contribution in [3.63, 3.8) is 0 Å². The van der Waals surface area contributed by atoms with Crippen LogP contribution < -0.4 is 0 Å². The molecule has 122 valence electrons. The van der Waals surface area contributed by atoms with Gasteiger partial charge in [0, 0.05) is 0 Å². The summed E-state index contributed by atoms with van der Waals surface area (Å²) in [7, 11) is 0. The molecule has 0 atom stereocenters. The fraction of sp³-hybridized carbons (Fsp3) is 0.857. The van der Waals surface area contributed by atoms with Crippen molar-refractivity contribution in [3.05, 3.63) is 10.0 Å². The van der Waals surface area contributed by atoms with E-state index in [-0.39, 0.29) is 0 Å². The van der Waals surface area contributed by atoms with Crippen LogP contribution in [0.5, 0.6) is 0 Å². The Morgan fingerprint density at radius 2 is 1.14 bits per heavy atom. The van der Waals surface area contributed by atoms with Crippen LogP contribution in [0.3, 0.4) is 0 Å². The van der Waals surface area contributed by atoms with E-state index in [1.54, 1.807) is 0 Å². The van der Waals surface area contributed by atoms with Gasteiger partial charge in [0.2, 0.25) is 0 Å². The summed E-state index contributed by atoms with van der Waals surface area (Å²) in [6.45, 7) is 4.38. The predicted molar refractivity (Wildman–Crippen MR) is 107 cm³/mol.